The van der Waals surface area contributed by atoms with E-state index in [1.807, 2.05) is 0 Å². The summed E-state index contributed by atoms with van der Waals surface area (Å²) in [4.78, 5) is 61.3. The lowest BCUT2D eigenvalue weighted by Crippen LogP contribution is -2.41. The van der Waals surface area contributed by atoms with Gasteiger partial charge in [0.1, 0.15) is 0 Å². The second kappa shape index (κ2) is 8.99. The molecule has 9 nitrogen and oxygen atoms in total. The van der Waals surface area contributed by atoms with Crippen LogP contribution >= 0.6 is 0 Å². The highest BCUT2D eigenvalue weighted by Gasteiger charge is 2.31. The number of carbonyl (C=O) groups is 5. The van der Waals surface area contributed by atoms with Crippen molar-refractivity contribution in [2.45, 2.75) is 18.9 Å². The number of amides is 5. The van der Waals surface area contributed by atoms with Gasteiger partial charge in [-0.2, -0.15) is 0 Å². The number of nitrogens with zero attached hydrogens (tertiary/aromatic N) is 1. The largest absolute Gasteiger partial charge is 0.444 e. The molecular formula is C21H19N3O6. The predicted octanol–water partition coefficient (Wildman–Crippen LogP) is 1.69. The topological polar surface area (TPSA) is 122 Å². The molecule has 1 atom stereocenters. The van der Waals surface area contributed by atoms with Gasteiger partial charge in [0, 0.05) is 25.5 Å². The van der Waals surface area contributed by atoms with E-state index in [4.69, 9.17) is 4.74 Å². The highest BCUT2D eigenvalue weighted by Crippen LogP contribution is 2.24. The number of carbonyl (C=O) groups excluding carboxylic acids is 5. The fraction of sp³-hybridized carbons (Fsp3) is 0.190. The fourth-order valence-electron chi connectivity index (χ4n) is 2.93. The summed E-state index contributed by atoms with van der Waals surface area (Å²) < 4.78 is 5.36. The molecule has 2 N–H and O–H groups in total. The summed E-state index contributed by atoms with van der Waals surface area (Å²) in [6, 6.07) is 13.2. The zero-order valence-corrected chi connectivity index (χ0v) is 16.1. The average Bonchev–Trinajstić information content (AvgIpc) is 3.10. The van der Waals surface area contributed by atoms with Gasteiger partial charge in [-0.05, 0) is 24.3 Å². The number of urea groups is 1. The molecule has 1 aliphatic rings. The van der Waals surface area contributed by atoms with E-state index in [9.17, 15) is 24.0 Å². The lowest BCUT2D eigenvalue weighted by molar-refractivity contribution is -0.129. The van der Waals surface area contributed by atoms with E-state index < -0.39 is 24.0 Å². The van der Waals surface area contributed by atoms with Crippen LogP contribution in [-0.2, 0) is 19.1 Å². The summed E-state index contributed by atoms with van der Waals surface area (Å²) in [7, 11) is 1.35. The van der Waals surface area contributed by atoms with E-state index in [-0.39, 0.29) is 30.2 Å². The zero-order chi connectivity index (χ0) is 21.7. The smallest absolute Gasteiger partial charge is 0.339 e. The number of anilines is 1. The predicted molar refractivity (Wildman–Crippen MR) is 105 cm³/mol. The van der Waals surface area contributed by atoms with Gasteiger partial charge in [0.25, 0.3) is 5.91 Å². The van der Waals surface area contributed by atoms with Crippen molar-refractivity contribution in [1.29, 1.82) is 0 Å². The molecule has 1 saturated heterocycles. The molecule has 0 spiro atoms. The first-order chi connectivity index (χ1) is 14.4. The summed E-state index contributed by atoms with van der Waals surface area (Å²) in [6.07, 6.45) is -1.04. The first-order valence-electron chi connectivity index (χ1n) is 9.15. The number of benzene rings is 2. The minimum absolute atomic E-state index is 0.117. The number of hydrogen-bond acceptors (Lipinski definition) is 6. The Hall–Kier alpha value is -4.01. The third kappa shape index (κ3) is 4.52. The van der Waals surface area contributed by atoms with Crippen LogP contribution in [0.2, 0.25) is 0 Å². The van der Waals surface area contributed by atoms with Crippen molar-refractivity contribution in [3.05, 3.63) is 65.7 Å². The molecule has 0 saturated carbocycles. The van der Waals surface area contributed by atoms with Crippen LogP contribution in [0.15, 0.2) is 54.6 Å². The van der Waals surface area contributed by atoms with E-state index >= 15 is 0 Å². The molecule has 0 bridgehead atoms. The van der Waals surface area contributed by atoms with Crippen molar-refractivity contribution in [3.8, 4) is 0 Å². The van der Waals surface area contributed by atoms with Gasteiger partial charge in [0.15, 0.2) is 0 Å². The molecule has 30 heavy (non-hydrogen) atoms. The van der Waals surface area contributed by atoms with Crippen LogP contribution in [0.25, 0.3) is 0 Å². The second-order valence-electron chi connectivity index (χ2n) is 6.43. The van der Waals surface area contributed by atoms with Gasteiger partial charge in [-0.1, -0.05) is 30.3 Å². The second-order valence-corrected chi connectivity index (χ2v) is 6.43. The molecule has 154 valence electrons. The van der Waals surface area contributed by atoms with E-state index in [0.29, 0.717) is 11.3 Å². The van der Waals surface area contributed by atoms with Crippen LogP contribution in [0.4, 0.5) is 10.5 Å². The standard InChI is InChI=1S/C21H19N3O6/c1-22-21(29)23-19(27)18(13-5-3-2-4-6-13)30-20(28)14-7-9-15(10-8-14)24-16(25)11-12-17(24)26/h2-10,18H,11-12H2,1H3,(H2,22,23,27,29). The quantitative estimate of drug-likeness (QED) is 0.573. The van der Waals surface area contributed by atoms with Gasteiger partial charge in [-0.3, -0.25) is 24.6 Å². The summed E-state index contributed by atoms with van der Waals surface area (Å²) in [6.45, 7) is 0. The molecule has 2 aromatic rings. The molecule has 0 aromatic heterocycles. The van der Waals surface area contributed by atoms with Crippen LogP contribution < -0.4 is 15.5 Å². The summed E-state index contributed by atoms with van der Waals surface area (Å²) in [5, 5.41) is 4.35. The van der Waals surface area contributed by atoms with Crippen LogP contribution in [0, 0.1) is 0 Å². The Kier molecular flexibility index (Phi) is 6.21. The molecular weight excluding hydrogens is 390 g/mol. The molecule has 1 heterocycles. The van der Waals surface area contributed by atoms with Crippen molar-refractivity contribution in [2.75, 3.05) is 11.9 Å². The highest BCUT2D eigenvalue weighted by molar-refractivity contribution is 6.19. The van der Waals surface area contributed by atoms with Crippen LogP contribution in [0.1, 0.15) is 34.9 Å². The van der Waals surface area contributed by atoms with E-state index in [1.165, 1.54) is 31.3 Å². The maximum Gasteiger partial charge on any atom is 0.339 e. The molecule has 3 rings (SSSR count). The van der Waals surface area contributed by atoms with Crippen molar-refractivity contribution in [1.82, 2.24) is 10.6 Å². The van der Waals surface area contributed by atoms with Crippen molar-refractivity contribution in [2.24, 2.45) is 0 Å². The molecule has 1 aliphatic heterocycles. The first-order valence-corrected chi connectivity index (χ1v) is 9.15. The number of imide groups is 2. The van der Waals surface area contributed by atoms with Crippen molar-refractivity contribution >= 4 is 35.4 Å². The van der Waals surface area contributed by atoms with Gasteiger partial charge in [-0.15, -0.1) is 0 Å². The summed E-state index contributed by atoms with van der Waals surface area (Å²) in [5.74, 6) is -2.21. The van der Waals surface area contributed by atoms with Crippen LogP contribution in [0.3, 0.4) is 0 Å². The van der Waals surface area contributed by atoms with Gasteiger partial charge in [0.05, 0.1) is 11.3 Å². The van der Waals surface area contributed by atoms with Crippen molar-refractivity contribution in [3.63, 3.8) is 0 Å². The Labute approximate surface area is 172 Å². The third-order valence-electron chi connectivity index (χ3n) is 4.44. The van der Waals surface area contributed by atoms with Crippen LogP contribution in [0.5, 0.6) is 0 Å². The SMILES string of the molecule is CNC(=O)NC(=O)C(OC(=O)c1ccc(N2C(=O)CCC2=O)cc1)c1ccccc1. The monoisotopic (exact) mass is 409 g/mol. The number of ether oxygens (including phenoxy) is 1. The summed E-state index contributed by atoms with van der Waals surface area (Å²) >= 11 is 0. The van der Waals surface area contributed by atoms with E-state index in [1.54, 1.807) is 30.3 Å². The molecule has 2 aromatic carbocycles. The maximum atomic E-state index is 12.6. The number of nitrogens with one attached hydrogen (secondary N) is 2. The minimum atomic E-state index is -1.35. The first kappa shape index (κ1) is 20.7. The summed E-state index contributed by atoms with van der Waals surface area (Å²) in [5.41, 5.74) is 0.861. The molecule has 0 radical (unpaired) electrons. The lowest BCUT2D eigenvalue weighted by atomic mass is 10.1. The van der Waals surface area contributed by atoms with E-state index in [2.05, 4.69) is 10.6 Å². The van der Waals surface area contributed by atoms with Gasteiger partial charge < -0.3 is 10.1 Å². The lowest BCUT2D eigenvalue weighted by Gasteiger charge is -2.18. The molecule has 1 unspecified atom stereocenters. The minimum Gasteiger partial charge on any atom is -0.444 e. The Morgan fingerprint density at radius 3 is 2.10 bits per heavy atom. The third-order valence-corrected chi connectivity index (χ3v) is 4.44. The average molecular weight is 409 g/mol. The van der Waals surface area contributed by atoms with E-state index in [0.717, 1.165) is 4.90 Å². The van der Waals surface area contributed by atoms with Gasteiger partial charge in [0.2, 0.25) is 17.9 Å². The number of rotatable bonds is 5. The maximum absolute atomic E-state index is 12.6. The zero-order valence-electron chi connectivity index (χ0n) is 16.1. The van der Waals surface area contributed by atoms with Gasteiger partial charge >= 0.3 is 12.0 Å². The number of esters is 1. The molecule has 0 aliphatic carbocycles. The Morgan fingerprint density at radius 2 is 1.53 bits per heavy atom. The van der Waals surface area contributed by atoms with Crippen molar-refractivity contribution < 1.29 is 28.7 Å². The highest BCUT2D eigenvalue weighted by atomic mass is 16.5. The normalized spacial score (nSPS) is 14.2. The Morgan fingerprint density at radius 1 is 0.933 bits per heavy atom. The number of hydrogen-bond donors (Lipinski definition) is 2. The van der Waals surface area contributed by atoms with Gasteiger partial charge in [-0.25, -0.2) is 9.59 Å². The van der Waals surface area contributed by atoms with Crippen LogP contribution in [-0.4, -0.2) is 36.8 Å². The Balaban J connectivity index is 1.78. The molecule has 5 amide bonds. The molecule has 1 fully saturated rings. The molecule has 9 heteroatoms. The fourth-order valence-corrected chi connectivity index (χ4v) is 2.93. The Bertz CT molecular complexity index is 972.